The second-order valence-electron chi connectivity index (χ2n) is 4.76. The Morgan fingerprint density at radius 1 is 1.37 bits per heavy atom. The molecular weight excluding hydrogens is 256 g/mol. The number of aliphatic carboxylic acids is 1. The summed E-state index contributed by atoms with van der Waals surface area (Å²) >= 11 is 0. The van der Waals surface area contributed by atoms with Crippen LogP contribution in [0.2, 0.25) is 0 Å². The summed E-state index contributed by atoms with van der Waals surface area (Å²) in [5.41, 5.74) is -0.0408. The van der Waals surface area contributed by atoms with E-state index in [0.29, 0.717) is 0 Å². The summed E-state index contributed by atoms with van der Waals surface area (Å²) in [6, 6.07) is 3.31. The Morgan fingerprint density at radius 3 is 2.53 bits per heavy atom. The first-order valence-corrected chi connectivity index (χ1v) is 6.06. The first-order valence-electron chi connectivity index (χ1n) is 6.06. The monoisotopic (exact) mass is 271 g/mol. The first kappa shape index (κ1) is 13.9. The summed E-state index contributed by atoms with van der Waals surface area (Å²) < 4.78 is 27.0. The molecule has 6 heteroatoms. The number of nitrogens with one attached hydrogen (secondary N) is 1. The molecule has 2 rings (SSSR count). The lowest BCUT2D eigenvalue weighted by atomic mass is 9.88. The van der Waals surface area contributed by atoms with Crippen LogP contribution in [-0.2, 0) is 11.2 Å². The van der Waals surface area contributed by atoms with Crippen LogP contribution in [0.4, 0.5) is 8.78 Å². The number of rotatable bonds is 3. The fourth-order valence-corrected chi connectivity index (χ4v) is 2.35. The van der Waals surface area contributed by atoms with Gasteiger partial charge in [-0.2, -0.15) is 0 Å². The SMILES string of the molecule is O=C(O)C1CNC(Cc2c(F)cccc2F)CC1O. The molecule has 0 saturated carbocycles. The average molecular weight is 271 g/mol. The van der Waals surface area contributed by atoms with Gasteiger partial charge in [-0.3, -0.25) is 4.79 Å². The third-order valence-electron chi connectivity index (χ3n) is 3.45. The molecule has 19 heavy (non-hydrogen) atoms. The molecule has 0 aliphatic carbocycles. The van der Waals surface area contributed by atoms with E-state index in [4.69, 9.17) is 5.11 Å². The van der Waals surface area contributed by atoms with Crippen molar-refractivity contribution in [1.82, 2.24) is 5.32 Å². The van der Waals surface area contributed by atoms with Crippen LogP contribution in [0, 0.1) is 17.6 Å². The van der Waals surface area contributed by atoms with Gasteiger partial charge in [0.2, 0.25) is 0 Å². The molecule has 1 heterocycles. The molecule has 3 N–H and O–H groups in total. The Bertz CT molecular complexity index is 461. The predicted octanol–water partition coefficient (Wildman–Crippen LogP) is 0.931. The van der Waals surface area contributed by atoms with E-state index in [2.05, 4.69) is 5.32 Å². The Morgan fingerprint density at radius 2 is 2.00 bits per heavy atom. The quantitative estimate of drug-likeness (QED) is 0.765. The van der Waals surface area contributed by atoms with Crippen LogP contribution in [-0.4, -0.2) is 34.9 Å². The number of benzene rings is 1. The maximum atomic E-state index is 13.5. The Labute approximate surface area is 109 Å². The number of carbonyl (C=O) groups is 1. The van der Waals surface area contributed by atoms with Crippen molar-refractivity contribution in [2.24, 2.45) is 5.92 Å². The zero-order valence-electron chi connectivity index (χ0n) is 10.1. The molecule has 1 aromatic carbocycles. The number of aliphatic hydroxyl groups is 1. The summed E-state index contributed by atoms with van der Waals surface area (Å²) in [6.07, 6.45) is -0.759. The molecule has 0 radical (unpaired) electrons. The van der Waals surface area contributed by atoms with Crippen LogP contribution in [0.5, 0.6) is 0 Å². The molecule has 3 atom stereocenters. The highest BCUT2D eigenvalue weighted by molar-refractivity contribution is 5.71. The van der Waals surface area contributed by atoms with Crippen molar-refractivity contribution in [2.75, 3.05) is 6.54 Å². The second kappa shape index (κ2) is 5.63. The van der Waals surface area contributed by atoms with Gasteiger partial charge in [0.1, 0.15) is 11.6 Å². The maximum Gasteiger partial charge on any atom is 0.310 e. The fourth-order valence-electron chi connectivity index (χ4n) is 2.35. The minimum atomic E-state index is -1.07. The van der Waals surface area contributed by atoms with E-state index < -0.39 is 29.6 Å². The number of aliphatic hydroxyl groups excluding tert-OH is 1. The number of hydrogen-bond donors (Lipinski definition) is 3. The van der Waals surface area contributed by atoms with Crippen LogP contribution < -0.4 is 5.32 Å². The van der Waals surface area contributed by atoms with E-state index in [9.17, 15) is 18.7 Å². The van der Waals surface area contributed by atoms with Gasteiger partial charge < -0.3 is 15.5 Å². The van der Waals surface area contributed by atoms with E-state index in [1.54, 1.807) is 0 Å². The van der Waals surface area contributed by atoms with Gasteiger partial charge in [0.15, 0.2) is 0 Å². The third kappa shape index (κ3) is 3.08. The molecule has 3 unspecified atom stereocenters. The van der Waals surface area contributed by atoms with Gasteiger partial charge in [0.25, 0.3) is 0 Å². The minimum absolute atomic E-state index is 0.0408. The zero-order chi connectivity index (χ0) is 14.0. The highest BCUT2D eigenvalue weighted by Gasteiger charge is 2.34. The van der Waals surface area contributed by atoms with E-state index >= 15 is 0 Å². The van der Waals surface area contributed by atoms with Crippen molar-refractivity contribution in [3.8, 4) is 0 Å². The highest BCUT2D eigenvalue weighted by Crippen LogP contribution is 2.21. The Kier molecular flexibility index (Phi) is 4.11. The van der Waals surface area contributed by atoms with Crippen molar-refractivity contribution in [1.29, 1.82) is 0 Å². The van der Waals surface area contributed by atoms with Crippen LogP contribution in [0.3, 0.4) is 0 Å². The van der Waals surface area contributed by atoms with Crippen molar-refractivity contribution >= 4 is 5.97 Å². The van der Waals surface area contributed by atoms with Crippen LogP contribution in [0.25, 0.3) is 0 Å². The summed E-state index contributed by atoms with van der Waals surface area (Å²) in [6.45, 7) is 0.0945. The van der Waals surface area contributed by atoms with Crippen LogP contribution in [0.15, 0.2) is 18.2 Å². The molecule has 0 bridgehead atoms. The van der Waals surface area contributed by atoms with Crippen molar-refractivity contribution < 1.29 is 23.8 Å². The molecule has 0 amide bonds. The smallest absolute Gasteiger partial charge is 0.310 e. The predicted molar refractivity (Wildman–Crippen MR) is 63.6 cm³/mol. The molecule has 1 fully saturated rings. The number of carboxylic acid groups (broad SMARTS) is 1. The van der Waals surface area contributed by atoms with Gasteiger partial charge >= 0.3 is 5.97 Å². The first-order chi connectivity index (χ1) is 8.99. The van der Waals surface area contributed by atoms with Gasteiger partial charge in [0.05, 0.1) is 12.0 Å². The van der Waals surface area contributed by atoms with Gasteiger partial charge in [-0.05, 0) is 25.0 Å². The van der Waals surface area contributed by atoms with E-state index in [0.717, 1.165) is 0 Å². The van der Waals surface area contributed by atoms with Crippen molar-refractivity contribution in [3.05, 3.63) is 35.4 Å². The second-order valence-corrected chi connectivity index (χ2v) is 4.76. The molecule has 1 aliphatic rings. The van der Waals surface area contributed by atoms with Crippen molar-refractivity contribution in [2.45, 2.75) is 25.0 Å². The van der Waals surface area contributed by atoms with E-state index in [1.165, 1.54) is 18.2 Å². The number of piperidine rings is 1. The van der Waals surface area contributed by atoms with Gasteiger partial charge in [0, 0.05) is 18.2 Å². The lowest BCUT2D eigenvalue weighted by molar-refractivity contribution is -0.147. The van der Waals surface area contributed by atoms with Crippen LogP contribution in [0.1, 0.15) is 12.0 Å². The average Bonchev–Trinajstić information content (AvgIpc) is 2.33. The number of carboxylic acids is 1. The largest absolute Gasteiger partial charge is 0.481 e. The van der Waals surface area contributed by atoms with Gasteiger partial charge in [-0.1, -0.05) is 6.07 Å². The topological polar surface area (TPSA) is 69.6 Å². The lowest BCUT2D eigenvalue weighted by Gasteiger charge is -2.32. The summed E-state index contributed by atoms with van der Waals surface area (Å²) in [5, 5.41) is 21.5. The summed E-state index contributed by atoms with van der Waals surface area (Å²) in [4.78, 5) is 10.8. The Balaban J connectivity index is 2.04. The van der Waals surface area contributed by atoms with Gasteiger partial charge in [-0.15, -0.1) is 0 Å². The molecule has 1 saturated heterocycles. The maximum absolute atomic E-state index is 13.5. The standard InChI is InChI=1S/C13H15F2NO3/c14-10-2-1-3-11(15)8(10)4-7-5-12(17)9(6-16-7)13(18)19/h1-3,7,9,12,16-17H,4-6H2,(H,18,19). The zero-order valence-corrected chi connectivity index (χ0v) is 10.1. The lowest BCUT2D eigenvalue weighted by Crippen LogP contribution is -2.50. The molecule has 0 spiro atoms. The van der Waals surface area contributed by atoms with E-state index in [1.807, 2.05) is 0 Å². The van der Waals surface area contributed by atoms with Gasteiger partial charge in [-0.25, -0.2) is 8.78 Å². The summed E-state index contributed by atoms with van der Waals surface area (Å²) in [7, 11) is 0. The minimum Gasteiger partial charge on any atom is -0.481 e. The Hall–Kier alpha value is -1.53. The fraction of sp³-hybridized carbons (Fsp3) is 0.462. The molecule has 4 nitrogen and oxygen atoms in total. The summed E-state index contributed by atoms with van der Waals surface area (Å²) in [5.74, 6) is -3.20. The molecule has 104 valence electrons. The molecule has 0 aromatic heterocycles. The van der Waals surface area contributed by atoms with E-state index in [-0.39, 0.29) is 31.0 Å². The van der Waals surface area contributed by atoms with Crippen LogP contribution >= 0.6 is 0 Å². The number of halogens is 2. The molecule has 1 aliphatic heterocycles. The highest BCUT2D eigenvalue weighted by atomic mass is 19.1. The molecule has 1 aromatic rings. The third-order valence-corrected chi connectivity index (χ3v) is 3.45. The number of hydrogen-bond acceptors (Lipinski definition) is 3. The van der Waals surface area contributed by atoms with Crippen molar-refractivity contribution in [3.63, 3.8) is 0 Å². The molecular formula is C13H15F2NO3. The normalized spacial score (nSPS) is 27.2.